The fraction of sp³-hybridized carbons (Fsp3) is 0.258. The lowest BCUT2D eigenvalue weighted by atomic mass is 10.1. The van der Waals surface area contributed by atoms with Crippen molar-refractivity contribution in [3.8, 4) is 22.8 Å². The Kier molecular flexibility index (Phi) is 9.78. The summed E-state index contributed by atoms with van der Waals surface area (Å²) in [6.07, 6.45) is 1.48. The van der Waals surface area contributed by atoms with Gasteiger partial charge in [0, 0.05) is 34.6 Å². The summed E-state index contributed by atoms with van der Waals surface area (Å²) in [5.74, 6) is 1.50. The predicted octanol–water partition coefficient (Wildman–Crippen LogP) is 7.72. The number of nitrogens with one attached hydrogen (secondary N) is 1. The smallest absolute Gasteiger partial charge is 0.214 e. The summed E-state index contributed by atoms with van der Waals surface area (Å²) in [4.78, 5) is 13.8. The van der Waals surface area contributed by atoms with Crippen molar-refractivity contribution in [1.82, 2.24) is 19.3 Å². The summed E-state index contributed by atoms with van der Waals surface area (Å²) in [6.45, 7) is 5.90. The molecule has 9 nitrogen and oxygen atoms in total. The summed E-state index contributed by atoms with van der Waals surface area (Å²) >= 11 is 4.97. The standard InChI is InChI=1S/C31H31BrFN5O4S2/c1-5-38(44(39,40)6-2)19(3)31-37-27(17-43-31)23-14-24-26(15-29(23)41-4)34-18-35-30(24)36-22-10-11-28(25(32)13-22)42-16-20-8-7-9-21(33)12-20/h7-15,17-19H,5-6,16H2,1-4H3,(H,34,35,36). The molecule has 1 N–H and O–H groups in total. The molecule has 0 aliphatic heterocycles. The molecule has 0 aliphatic carbocycles. The zero-order valence-corrected chi connectivity index (χ0v) is 27.8. The normalized spacial score (nSPS) is 12.4. The van der Waals surface area contributed by atoms with E-state index in [0.717, 1.165) is 26.7 Å². The van der Waals surface area contributed by atoms with Gasteiger partial charge in [-0.15, -0.1) is 11.3 Å². The van der Waals surface area contributed by atoms with Crippen molar-refractivity contribution in [1.29, 1.82) is 0 Å². The van der Waals surface area contributed by atoms with Gasteiger partial charge in [0.1, 0.15) is 41.1 Å². The Hall–Kier alpha value is -3.65. The van der Waals surface area contributed by atoms with Gasteiger partial charge in [0.05, 0.1) is 34.6 Å². The lowest BCUT2D eigenvalue weighted by Crippen LogP contribution is -2.34. The maximum atomic E-state index is 13.5. The fourth-order valence-corrected chi connectivity index (χ4v) is 7.53. The minimum atomic E-state index is -3.39. The first-order chi connectivity index (χ1) is 21.1. The van der Waals surface area contributed by atoms with E-state index in [-0.39, 0.29) is 18.2 Å². The fourth-order valence-electron chi connectivity index (χ4n) is 4.78. The van der Waals surface area contributed by atoms with Crippen molar-refractivity contribution in [3.05, 3.63) is 87.2 Å². The molecule has 0 spiro atoms. The summed E-state index contributed by atoms with van der Waals surface area (Å²) in [5.41, 5.74) is 3.56. The maximum Gasteiger partial charge on any atom is 0.214 e. The molecule has 44 heavy (non-hydrogen) atoms. The molecule has 0 bridgehead atoms. The minimum Gasteiger partial charge on any atom is -0.496 e. The zero-order valence-electron chi connectivity index (χ0n) is 24.5. The molecule has 230 valence electrons. The first-order valence-corrected chi connectivity index (χ1v) is 17.1. The molecule has 5 rings (SSSR count). The number of hydrogen-bond acceptors (Lipinski definition) is 9. The largest absolute Gasteiger partial charge is 0.496 e. The lowest BCUT2D eigenvalue weighted by Gasteiger charge is -2.25. The van der Waals surface area contributed by atoms with E-state index in [0.29, 0.717) is 40.1 Å². The Morgan fingerprint density at radius 3 is 2.61 bits per heavy atom. The van der Waals surface area contributed by atoms with E-state index >= 15 is 0 Å². The third-order valence-corrected chi connectivity index (χ3v) is 10.7. The van der Waals surface area contributed by atoms with Crippen LogP contribution in [0, 0.1) is 5.82 Å². The molecule has 2 aromatic heterocycles. The second-order valence-corrected chi connectivity index (χ2v) is 13.8. The number of rotatable bonds is 12. The number of ether oxygens (including phenoxy) is 2. The molecular weight excluding hydrogens is 669 g/mol. The molecule has 1 unspecified atom stereocenters. The zero-order chi connectivity index (χ0) is 31.4. The molecule has 0 saturated heterocycles. The van der Waals surface area contributed by atoms with Gasteiger partial charge >= 0.3 is 0 Å². The average Bonchev–Trinajstić information content (AvgIpc) is 3.51. The lowest BCUT2D eigenvalue weighted by molar-refractivity contribution is 0.303. The van der Waals surface area contributed by atoms with Crippen LogP contribution in [-0.4, -0.2) is 47.1 Å². The average molecular weight is 701 g/mol. The highest BCUT2D eigenvalue weighted by Crippen LogP contribution is 2.38. The van der Waals surface area contributed by atoms with E-state index in [2.05, 4.69) is 31.2 Å². The van der Waals surface area contributed by atoms with Gasteiger partial charge in [0.15, 0.2) is 0 Å². The molecule has 5 aromatic rings. The van der Waals surface area contributed by atoms with Gasteiger partial charge in [0.25, 0.3) is 0 Å². The van der Waals surface area contributed by atoms with E-state index in [4.69, 9.17) is 14.5 Å². The Bertz CT molecular complexity index is 1900. The van der Waals surface area contributed by atoms with Crippen molar-refractivity contribution in [2.75, 3.05) is 24.7 Å². The number of hydrogen-bond donors (Lipinski definition) is 1. The van der Waals surface area contributed by atoms with E-state index < -0.39 is 16.1 Å². The van der Waals surface area contributed by atoms with Crippen LogP contribution in [0.5, 0.6) is 11.5 Å². The van der Waals surface area contributed by atoms with Crippen LogP contribution in [0.4, 0.5) is 15.9 Å². The van der Waals surface area contributed by atoms with Crippen LogP contribution in [0.15, 0.2) is 70.8 Å². The number of aromatic nitrogens is 3. The molecule has 3 aromatic carbocycles. The third kappa shape index (κ3) is 6.85. The molecule has 13 heteroatoms. The van der Waals surface area contributed by atoms with Gasteiger partial charge in [-0.25, -0.2) is 27.8 Å². The summed E-state index contributed by atoms with van der Waals surface area (Å²) in [6, 6.07) is 15.2. The second kappa shape index (κ2) is 13.6. The van der Waals surface area contributed by atoms with Crippen LogP contribution >= 0.6 is 27.3 Å². The summed E-state index contributed by atoms with van der Waals surface area (Å²) < 4.78 is 52.6. The first-order valence-electron chi connectivity index (χ1n) is 13.8. The van der Waals surface area contributed by atoms with E-state index in [1.54, 1.807) is 26.2 Å². The van der Waals surface area contributed by atoms with Gasteiger partial charge in [-0.3, -0.25) is 0 Å². The topological polar surface area (TPSA) is 107 Å². The van der Waals surface area contributed by atoms with Crippen LogP contribution in [0.1, 0.15) is 37.4 Å². The number of benzene rings is 3. The van der Waals surface area contributed by atoms with E-state index in [9.17, 15) is 12.8 Å². The highest BCUT2D eigenvalue weighted by molar-refractivity contribution is 9.10. The van der Waals surface area contributed by atoms with Crippen LogP contribution in [0.2, 0.25) is 0 Å². The molecule has 0 aliphatic rings. The third-order valence-electron chi connectivity index (χ3n) is 7.06. The first kappa shape index (κ1) is 31.8. The molecule has 1 atom stereocenters. The van der Waals surface area contributed by atoms with Crippen molar-refractivity contribution in [3.63, 3.8) is 0 Å². The molecular formula is C31H31BrFN5O4S2. The van der Waals surface area contributed by atoms with Gasteiger partial charge in [-0.05, 0) is 71.7 Å². The number of halogens is 2. The quantitative estimate of drug-likeness (QED) is 0.141. The summed E-state index contributed by atoms with van der Waals surface area (Å²) in [5, 5.41) is 6.70. The molecule has 0 fully saturated rings. The number of fused-ring (bicyclic) bond motifs is 1. The van der Waals surface area contributed by atoms with Crippen molar-refractivity contribution >= 4 is 59.7 Å². The van der Waals surface area contributed by atoms with Crippen LogP contribution in [0.3, 0.4) is 0 Å². The Morgan fingerprint density at radius 1 is 1.09 bits per heavy atom. The van der Waals surface area contributed by atoms with Gasteiger partial charge in [-0.2, -0.15) is 4.31 Å². The van der Waals surface area contributed by atoms with E-state index in [1.807, 2.05) is 49.6 Å². The number of thiazole rings is 1. The number of anilines is 2. The van der Waals surface area contributed by atoms with Gasteiger partial charge in [0.2, 0.25) is 10.0 Å². The maximum absolute atomic E-state index is 13.5. The van der Waals surface area contributed by atoms with E-state index in [1.165, 1.54) is 34.1 Å². The molecule has 2 heterocycles. The Labute approximate surface area is 268 Å². The summed E-state index contributed by atoms with van der Waals surface area (Å²) in [7, 11) is -1.80. The van der Waals surface area contributed by atoms with Gasteiger partial charge < -0.3 is 14.8 Å². The second-order valence-electron chi connectivity index (χ2n) is 9.83. The van der Waals surface area contributed by atoms with Crippen LogP contribution < -0.4 is 14.8 Å². The van der Waals surface area contributed by atoms with Crippen LogP contribution in [-0.2, 0) is 16.6 Å². The van der Waals surface area contributed by atoms with Crippen LogP contribution in [0.25, 0.3) is 22.2 Å². The Morgan fingerprint density at radius 2 is 1.91 bits per heavy atom. The van der Waals surface area contributed by atoms with Crippen molar-refractivity contribution in [2.45, 2.75) is 33.4 Å². The van der Waals surface area contributed by atoms with Crippen molar-refractivity contribution < 1.29 is 22.3 Å². The Balaban J connectivity index is 1.42. The minimum absolute atomic E-state index is 0.0267. The SMILES string of the molecule is CCN(C(C)c1nc(-c2cc3c(Nc4ccc(OCc5cccc(F)c5)c(Br)c4)ncnc3cc2OC)cs1)S(=O)(=O)CC. The molecule has 0 amide bonds. The highest BCUT2D eigenvalue weighted by Gasteiger charge is 2.27. The monoisotopic (exact) mass is 699 g/mol. The highest BCUT2D eigenvalue weighted by atomic mass is 79.9. The molecule has 0 radical (unpaired) electrons. The number of sulfonamides is 1. The number of nitrogens with zero attached hydrogens (tertiary/aromatic N) is 4. The van der Waals surface area contributed by atoms with Gasteiger partial charge in [-0.1, -0.05) is 19.1 Å². The number of methoxy groups -OCH3 is 1. The molecule has 0 saturated carbocycles. The van der Waals surface area contributed by atoms with Crippen molar-refractivity contribution in [2.24, 2.45) is 0 Å². The predicted molar refractivity (Wildman–Crippen MR) is 176 cm³/mol.